The summed E-state index contributed by atoms with van der Waals surface area (Å²) in [6, 6.07) is 0. The molecule has 0 aromatic rings. The van der Waals surface area contributed by atoms with Crippen molar-refractivity contribution >= 4 is 0 Å². The van der Waals surface area contributed by atoms with Gasteiger partial charge in [-0.25, -0.2) is 0 Å². The Kier molecular flexibility index (Phi) is 1.59. The van der Waals surface area contributed by atoms with Crippen molar-refractivity contribution in [2.75, 3.05) is 0 Å². The third-order valence-electron chi connectivity index (χ3n) is 4.08. The lowest BCUT2D eigenvalue weighted by molar-refractivity contribution is 0.750. The van der Waals surface area contributed by atoms with Crippen molar-refractivity contribution in [3.05, 3.63) is 70.4 Å². The molecule has 0 spiro atoms. The van der Waals surface area contributed by atoms with E-state index in [1.54, 1.807) is 16.7 Å². The SMILES string of the molecule is C1=CC2=CC=C3C=CCC4=C3C2C(=CC4)C1. The van der Waals surface area contributed by atoms with Crippen LogP contribution in [0.15, 0.2) is 70.4 Å². The van der Waals surface area contributed by atoms with E-state index in [0.29, 0.717) is 5.92 Å². The van der Waals surface area contributed by atoms with Crippen molar-refractivity contribution in [1.29, 1.82) is 0 Å². The van der Waals surface area contributed by atoms with Crippen LogP contribution < -0.4 is 0 Å². The second kappa shape index (κ2) is 2.98. The van der Waals surface area contributed by atoms with Gasteiger partial charge in [-0.05, 0) is 36.0 Å². The van der Waals surface area contributed by atoms with E-state index < -0.39 is 0 Å². The number of hydrogen-bond acceptors (Lipinski definition) is 0. The van der Waals surface area contributed by atoms with E-state index in [1.165, 1.54) is 17.6 Å². The second-order valence-electron chi connectivity index (χ2n) is 4.94. The van der Waals surface area contributed by atoms with Crippen LogP contribution in [0.2, 0.25) is 0 Å². The first-order valence-corrected chi connectivity index (χ1v) is 6.09. The molecule has 0 radical (unpaired) electrons. The topological polar surface area (TPSA) is 0 Å². The van der Waals surface area contributed by atoms with Crippen LogP contribution in [-0.2, 0) is 0 Å². The molecule has 0 heteroatoms. The molecule has 16 heavy (non-hydrogen) atoms. The molecule has 0 aromatic carbocycles. The predicted molar refractivity (Wildman–Crippen MR) is 66.9 cm³/mol. The first kappa shape index (κ1) is 8.58. The van der Waals surface area contributed by atoms with Gasteiger partial charge >= 0.3 is 0 Å². The molecule has 78 valence electrons. The standard InChI is InChI=1S/C16H14/c1-3-11-7-9-13-5-2-6-14-10-8-12(4-1)15(11)16(13)14/h1-3,5,7-9,15H,4,6,10H2. The summed E-state index contributed by atoms with van der Waals surface area (Å²) in [5, 5.41) is 0. The average Bonchev–Trinajstić information content (AvgIpc) is 2.36. The van der Waals surface area contributed by atoms with Crippen molar-refractivity contribution in [1.82, 2.24) is 0 Å². The average molecular weight is 206 g/mol. The summed E-state index contributed by atoms with van der Waals surface area (Å²) in [6.45, 7) is 0. The third kappa shape index (κ3) is 0.996. The second-order valence-corrected chi connectivity index (χ2v) is 4.94. The fraction of sp³-hybridized carbons (Fsp3) is 0.250. The Morgan fingerprint density at radius 1 is 0.938 bits per heavy atom. The molecular weight excluding hydrogens is 192 g/mol. The minimum atomic E-state index is 0.596. The molecule has 0 saturated carbocycles. The summed E-state index contributed by atoms with van der Waals surface area (Å²) in [6.07, 6.45) is 19.7. The number of hydrogen-bond donors (Lipinski definition) is 0. The van der Waals surface area contributed by atoms with E-state index in [2.05, 4.69) is 42.5 Å². The molecule has 4 aliphatic rings. The van der Waals surface area contributed by atoms with Crippen molar-refractivity contribution in [2.24, 2.45) is 5.92 Å². The molecule has 0 nitrogen and oxygen atoms in total. The van der Waals surface area contributed by atoms with Gasteiger partial charge in [-0.2, -0.15) is 0 Å². The van der Waals surface area contributed by atoms with Crippen molar-refractivity contribution in [3.8, 4) is 0 Å². The van der Waals surface area contributed by atoms with Crippen LogP contribution >= 0.6 is 0 Å². The van der Waals surface area contributed by atoms with Gasteiger partial charge in [0.05, 0.1) is 0 Å². The van der Waals surface area contributed by atoms with Crippen LogP contribution in [0.25, 0.3) is 0 Å². The molecule has 4 aliphatic carbocycles. The van der Waals surface area contributed by atoms with Gasteiger partial charge in [-0.15, -0.1) is 0 Å². The number of rotatable bonds is 0. The molecule has 4 rings (SSSR count). The zero-order valence-corrected chi connectivity index (χ0v) is 9.24. The largest absolute Gasteiger partial charge is 0.0801 e. The quantitative estimate of drug-likeness (QED) is 0.525. The Labute approximate surface area is 96.1 Å². The van der Waals surface area contributed by atoms with Crippen LogP contribution in [0.3, 0.4) is 0 Å². The van der Waals surface area contributed by atoms with Gasteiger partial charge in [0, 0.05) is 5.92 Å². The van der Waals surface area contributed by atoms with Gasteiger partial charge < -0.3 is 0 Å². The van der Waals surface area contributed by atoms with E-state index >= 15 is 0 Å². The normalized spacial score (nSPS) is 29.5. The summed E-state index contributed by atoms with van der Waals surface area (Å²) < 4.78 is 0. The summed E-state index contributed by atoms with van der Waals surface area (Å²) in [7, 11) is 0. The van der Waals surface area contributed by atoms with E-state index in [4.69, 9.17) is 0 Å². The zero-order chi connectivity index (χ0) is 10.5. The summed E-state index contributed by atoms with van der Waals surface area (Å²) >= 11 is 0. The molecule has 0 N–H and O–H groups in total. The Balaban J connectivity index is 1.99. The maximum absolute atomic E-state index is 2.46. The molecular formula is C16H14. The van der Waals surface area contributed by atoms with Gasteiger partial charge in [0.2, 0.25) is 0 Å². The summed E-state index contributed by atoms with van der Waals surface area (Å²) in [5.74, 6) is 0.596. The van der Waals surface area contributed by atoms with Crippen LogP contribution in [0.4, 0.5) is 0 Å². The third-order valence-corrected chi connectivity index (χ3v) is 4.08. The van der Waals surface area contributed by atoms with Crippen molar-refractivity contribution < 1.29 is 0 Å². The van der Waals surface area contributed by atoms with Gasteiger partial charge in [-0.1, -0.05) is 53.7 Å². The van der Waals surface area contributed by atoms with Gasteiger partial charge in [0.15, 0.2) is 0 Å². The Bertz CT molecular complexity index is 545. The maximum Gasteiger partial charge on any atom is 0.0307 e. The van der Waals surface area contributed by atoms with Crippen LogP contribution in [0.1, 0.15) is 19.3 Å². The molecule has 0 amide bonds. The molecule has 1 unspecified atom stereocenters. The lowest BCUT2D eigenvalue weighted by Crippen LogP contribution is -2.22. The number of allylic oxidation sites excluding steroid dienone is 12. The predicted octanol–water partition coefficient (Wildman–Crippen LogP) is 4.02. The fourth-order valence-corrected chi connectivity index (χ4v) is 3.35. The lowest BCUT2D eigenvalue weighted by atomic mass is 9.67. The molecule has 0 aromatic heterocycles. The Hall–Kier alpha value is -1.56. The highest BCUT2D eigenvalue weighted by Crippen LogP contribution is 2.47. The maximum atomic E-state index is 2.46. The van der Waals surface area contributed by atoms with Crippen LogP contribution in [-0.4, -0.2) is 0 Å². The fourth-order valence-electron chi connectivity index (χ4n) is 3.35. The molecule has 1 atom stereocenters. The first-order valence-electron chi connectivity index (χ1n) is 6.09. The highest BCUT2D eigenvalue weighted by atomic mass is 14.4. The summed E-state index contributed by atoms with van der Waals surface area (Å²) in [5.41, 5.74) is 7.83. The van der Waals surface area contributed by atoms with E-state index in [-0.39, 0.29) is 0 Å². The Morgan fingerprint density at radius 2 is 1.88 bits per heavy atom. The lowest BCUT2D eigenvalue weighted by Gasteiger charge is -2.37. The van der Waals surface area contributed by atoms with E-state index in [1.807, 2.05) is 0 Å². The molecule has 0 fully saturated rings. The highest BCUT2D eigenvalue weighted by molar-refractivity contribution is 5.63. The Morgan fingerprint density at radius 3 is 2.88 bits per heavy atom. The monoisotopic (exact) mass is 206 g/mol. The minimum absolute atomic E-state index is 0.596. The summed E-state index contributed by atoms with van der Waals surface area (Å²) in [4.78, 5) is 0. The van der Waals surface area contributed by atoms with Crippen LogP contribution in [0, 0.1) is 5.92 Å². The molecule has 0 saturated heterocycles. The minimum Gasteiger partial charge on any atom is -0.0801 e. The van der Waals surface area contributed by atoms with E-state index in [0.717, 1.165) is 12.8 Å². The first-order chi connectivity index (χ1) is 7.93. The van der Waals surface area contributed by atoms with Crippen molar-refractivity contribution in [3.63, 3.8) is 0 Å². The smallest absolute Gasteiger partial charge is 0.0307 e. The van der Waals surface area contributed by atoms with Crippen LogP contribution in [0.5, 0.6) is 0 Å². The molecule has 0 bridgehead atoms. The molecule has 0 aliphatic heterocycles. The van der Waals surface area contributed by atoms with Gasteiger partial charge in [0.25, 0.3) is 0 Å². The van der Waals surface area contributed by atoms with Gasteiger partial charge in [0.1, 0.15) is 0 Å². The highest BCUT2D eigenvalue weighted by Gasteiger charge is 2.32. The van der Waals surface area contributed by atoms with E-state index in [9.17, 15) is 0 Å². The van der Waals surface area contributed by atoms with Crippen molar-refractivity contribution in [2.45, 2.75) is 19.3 Å². The van der Waals surface area contributed by atoms with Gasteiger partial charge in [-0.3, -0.25) is 0 Å². The molecule has 0 heterocycles. The zero-order valence-electron chi connectivity index (χ0n) is 9.24.